The minimum Gasteiger partial charge on any atom is -0.394 e. The molecular weight excluding hydrogens is 847 g/mol. The van der Waals surface area contributed by atoms with Crippen LogP contribution in [0.1, 0.15) is 271 Å². The average molecular weight is 950 g/mol. The van der Waals surface area contributed by atoms with E-state index in [1.54, 1.807) is 0 Å². The van der Waals surface area contributed by atoms with Crippen molar-refractivity contribution in [2.45, 2.75) is 314 Å². The first kappa shape index (κ1) is 62.1. The Hall–Kier alpha value is -0.900. The van der Waals surface area contributed by atoms with Crippen LogP contribution in [-0.2, 0) is 28.9 Å². The SMILES string of the molecule is CCCCCCCCCCCCCCCCCCCCCCCCCC(=O)NC(COC1OC(CO)C(O)C(OS(=O)(=O)O)C1O)C(O)CCCCCCCCCCCCCCCCC. The number of nitrogens with one attached hydrogen (secondary N) is 1. The summed E-state index contributed by atoms with van der Waals surface area (Å²) in [6.45, 7) is 3.49. The van der Waals surface area contributed by atoms with Gasteiger partial charge in [-0.05, 0) is 12.8 Å². The van der Waals surface area contributed by atoms with Gasteiger partial charge in [-0.2, -0.15) is 8.42 Å². The van der Waals surface area contributed by atoms with Crippen molar-refractivity contribution in [3.63, 3.8) is 0 Å². The molecule has 1 aliphatic rings. The van der Waals surface area contributed by atoms with Crippen molar-refractivity contribution in [1.29, 1.82) is 0 Å². The molecule has 12 nitrogen and oxygen atoms in total. The highest BCUT2D eigenvalue weighted by Crippen LogP contribution is 2.26. The van der Waals surface area contributed by atoms with Gasteiger partial charge in [0.1, 0.15) is 24.4 Å². The minimum absolute atomic E-state index is 0.223. The van der Waals surface area contributed by atoms with Crippen molar-refractivity contribution >= 4 is 16.3 Å². The fourth-order valence-electron chi connectivity index (χ4n) is 9.17. The standard InChI is InChI=1S/C52H103NO11S/c1-3-5-7-9-11-13-15-17-19-20-21-22-23-24-25-26-28-30-32-34-36-38-40-42-48(56)53-45(44-62-52-50(58)51(64-65(59,60)61)49(57)47(43-54)63-52)46(55)41-39-37-35-33-31-29-27-18-16-14-12-10-8-6-4-2/h45-47,49-52,54-55,57-58H,3-44H2,1-2H3,(H,53,56)(H,59,60,61). The zero-order valence-electron chi connectivity index (χ0n) is 41.8. The second kappa shape index (κ2) is 43.1. The van der Waals surface area contributed by atoms with E-state index in [0.29, 0.717) is 12.8 Å². The summed E-state index contributed by atoms with van der Waals surface area (Å²) < 4.78 is 47.8. The number of rotatable bonds is 48. The molecule has 1 fully saturated rings. The topological polar surface area (TPSA) is 192 Å². The number of carbonyl (C=O) groups excluding carboxylic acids is 1. The summed E-state index contributed by atoms with van der Waals surface area (Å²) in [5, 5.41) is 45.0. The Labute approximate surface area is 398 Å². The van der Waals surface area contributed by atoms with Gasteiger partial charge in [-0.1, -0.05) is 251 Å². The van der Waals surface area contributed by atoms with Crippen molar-refractivity contribution in [3.8, 4) is 0 Å². The fourth-order valence-corrected chi connectivity index (χ4v) is 9.68. The lowest BCUT2D eigenvalue weighted by Crippen LogP contribution is -2.61. The molecule has 7 atom stereocenters. The Morgan fingerprint density at radius 2 is 0.892 bits per heavy atom. The van der Waals surface area contributed by atoms with Gasteiger partial charge in [0, 0.05) is 6.42 Å². The van der Waals surface area contributed by atoms with Gasteiger partial charge in [0.05, 0.1) is 25.4 Å². The maximum atomic E-state index is 13.1. The highest BCUT2D eigenvalue weighted by Gasteiger charge is 2.48. The van der Waals surface area contributed by atoms with E-state index in [2.05, 4.69) is 23.3 Å². The predicted octanol–water partition coefficient (Wildman–Crippen LogP) is 12.1. The van der Waals surface area contributed by atoms with Crippen LogP contribution in [0.25, 0.3) is 0 Å². The highest BCUT2D eigenvalue weighted by atomic mass is 32.3. The van der Waals surface area contributed by atoms with Crippen molar-refractivity contribution in [2.24, 2.45) is 0 Å². The van der Waals surface area contributed by atoms with Gasteiger partial charge < -0.3 is 35.2 Å². The third kappa shape index (κ3) is 35.8. The number of hydrogen-bond donors (Lipinski definition) is 6. The molecule has 6 N–H and O–H groups in total. The van der Waals surface area contributed by atoms with Crippen molar-refractivity contribution in [3.05, 3.63) is 0 Å². The third-order valence-electron chi connectivity index (χ3n) is 13.4. The lowest BCUT2D eigenvalue weighted by Gasteiger charge is -2.41. The molecule has 1 saturated heterocycles. The Balaban J connectivity index is 2.35. The van der Waals surface area contributed by atoms with Crippen molar-refractivity contribution in [2.75, 3.05) is 13.2 Å². The Morgan fingerprint density at radius 1 is 0.554 bits per heavy atom. The largest absolute Gasteiger partial charge is 0.397 e. The summed E-state index contributed by atoms with van der Waals surface area (Å²) in [6.07, 6.45) is 39.6. The molecule has 1 amide bonds. The first-order valence-corrected chi connectivity index (χ1v) is 28.8. The maximum absolute atomic E-state index is 13.1. The van der Waals surface area contributed by atoms with E-state index in [1.807, 2.05) is 0 Å². The number of aliphatic hydroxyl groups is 4. The average Bonchev–Trinajstić information content (AvgIpc) is 3.28. The van der Waals surface area contributed by atoms with E-state index in [-0.39, 0.29) is 12.5 Å². The van der Waals surface area contributed by atoms with Gasteiger partial charge in [-0.3, -0.25) is 9.35 Å². The zero-order valence-corrected chi connectivity index (χ0v) is 42.7. The van der Waals surface area contributed by atoms with Crippen LogP contribution < -0.4 is 5.32 Å². The molecule has 0 spiro atoms. The molecule has 388 valence electrons. The predicted molar refractivity (Wildman–Crippen MR) is 264 cm³/mol. The molecule has 0 aromatic heterocycles. The van der Waals surface area contributed by atoms with E-state index in [9.17, 15) is 38.2 Å². The van der Waals surface area contributed by atoms with Gasteiger partial charge in [-0.25, -0.2) is 4.18 Å². The molecule has 0 aliphatic carbocycles. The molecule has 0 saturated carbocycles. The quantitative estimate of drug-likeness (QED) is 0.0251. The molecule has 1 rings (SSSR count). The number of unbranched alkanes of at least 4 members (excludes halogenated alkanes) is 36. The summed E-state index contributed by atoms with van der Waals surface area (Å²) in [4.78, 5) is 13.1. The summed E-state index contributed by atoms with van der Waals surface area (Å²) in [7, 11) is -5.07. The molecule has 7 unspecified atom stereocenters. The molecule has 0 radical (unpaired) electrons. The molecule has 1 heterocycles. The van der Waals surface area contributed by atoms with Crippen molar-refractivity contribution in [1.82, 2.24) is 5.32 Å². The normalized spacial score (nSPS) is 20.0. The zero-order chi connectivity index (χ0) is 47.6. The number of ether oxygens (including phenoxy) is 2. The molecule has 1 aliphatic heterocycles. The smallest absolute Gasteiger partial charge is 0.394 e. The molecule has 0 aromatic rings. The summed E-state index contributed by atoms with van der Waals surface area (Å²) in [5.74, 6) is -0.223. The first-order chi connectivity index (χ1) is 31.5. The second-order valence-electron chi connectivity index (χ2n) is 19.5. The van der Waals surface area contributed by atoms with Crippen LogP contribution in [0.15, 0.2) is 0 Å². The number of amides is 1. The molecular formula is C52H103NO11S. The van der Waals surface area contributed by atoms with Gasteiger partial charge in [-0.15, -0.1) is 0 Å². The second-order valence-corrected chi connectivity index (χ2v) is 20.6. The number of hydrogen-bond acceptors (Lipinski definition) is 10. The monoisotopic (exact) mass is 950 g/mol. The Morgan fingerprint density at radius 3 is 1.23 bits per heavy atom. The summed E-state index contributed by atoms with van der Waals surface area (Å²) in [5.41, 5.74) is 0. The van der Waals surface area contributed by atoms with Gasteiger partial charge in [0.15, 0.2) is 6.29 Å². The van der Waals surface area contributed by atoms with E-state index in [0.717, 1.165) is 51.4 Å². The van der Waals surface area contributed by atoms with E-state index < -0.39 is 59.9 Å². The molecule has 0 bridgehead atoms. The molecule has 65 heavy (non-hydrogen) atoms. The van der Waals surface area contributed by atoms with Crippen molar-refractivity contribution < 1.29 is 51.8 Å². The van der Waals surface area contributed by atoms with Crippen LogP contribution in [0.2, 0.25) is 0 Å². The molecule has 13 heteroatoms. The van der Waals surface area contributed by atoms with Crippen LogP contribution in [0.5, 0.6) is 0 Å². The van der Waals surface area contributed by atoms with Gasteiger partial charge >= 0.3 is 10.4 Å². The lowest BCUT2D eigenvalue weighted by atomic mass is 9.99. The minimum atomic E-state index is -5.07. The maximum Gasteiger partial charge on any atom is 0.397 e. The number of aliphatic hydroxyl groups excluding tert-OH is 4. The first-order valence-electron chi connectivity index (χ1n) is 27.4. The van der Waals surface area contributed by atoms with E-state index >= 15 is 0 Å². The van der Waals surface area contributed by atoms with Crippen LogP contribution >= 0.6 is 0 Å². The van der Waals surface area contributed by atoms with Crippen LogP contribution in [-0.4, -0.2) is 95.4 Å². The third-order valence-corrected chi connectivity index (χ3v) is 13.9. The highest BCUT2D eigenvalue weighted by molar-refractivity contribution is 7.80. The Bertz CT molecular complexity index is 1160. The summed E-state index contributed by atoms with van der Waals surface area (Å²) >= 11 is 0. The van der Waals surface area contributed by atoms with Crippen LogP contribution in [0, 0.1) is 0 Å². The van der Waals surface area contributed by atoms with E-state index in [1.165, 1.54) is 193 Å². The van der Waals surface area contributed by atoms with Gasteiger partial charge in [0.2, 0.25) is 5.91 Å². The van der Waals surface area contributed by atoms with E-state index in [4.69, 9.17) is 9.47 Å². The van der Waals surface area contributed by atoms with Crippen LogP contribution in [0.4, 0.5) is 0 Å². The van der Waals surface area contributed by atoms with Gasteiger partial charge in [0.25, 0.3) is 0 Å². The summed E-state index contributed by atoms with van der Waals surface area (Å²) in [6, 6.07) is -0.852. The Kier molecular flexibility index (Phi) is 41.2. The fraction of sp³-hybridized carbons (Fsp3) is 0.981. The number of carbonyl (C=O) groups is 1. The molecule has 0 aromatic carbocycles. The van der Waals surface area contributed by atoms with Crippen LogP contribution in [0.3, 0.4) is 0 Å². The lowest BCUT2D eigenvalue weighted by molar-refractivity contribution is -0.298.